The van der Waals surface area contributed by atoms with Crippen LogP contribution in [-0.2, 0) is 22.6 Å². The van der Waals surface area contributed by atoms with Crippen LogP contribution >= 0.6 is 0 Å². The van der Waals surface area contributed by atoms with Crippen LogP contribution < -0.4 is 10.6 Å². The molecular weight excluding hydrogens is 358 g/mol. The summed E-state index contributed by atoms with van der Waals surface area (Å²) in [7, 11) is 0. The number of hydrogen-bond acceptors (Lipinski definition) is 3. The summed E-state index contributed by atoms with van der Waals surface area (Å²) in [6.45, 7) is 3.56. The fourth-order valence-electron chi connectivity index (χ4n) is 3.19. The van der Waals surface area contributed by atoms with Crippen molar-refractivity contribution in [2.75, 3.05) is 17.2 Å². The lowest BCUT2D eigenvalue weighted by atomic mass is 9.89. The first kappa shape index (κ1) is 19.4. The third-order valence-electron chi connectivity index (χ3n) is 4.90. The Morgan fingerprint density at radius 3 is 2.39 bits per heavy atom. The molecule has 1 heterocycles. The molecule has 3 rings (SSSR count). The van der Waals surface area contributed by atoms with E-state index >= 15 is 0 Å². The molecule has 0 aliphatic carbocycles. The van der Waals surface area contributed by atoms with Gasteiger partial charge in [-0.3, -0.25) is 9.59 Å². The Kier molecular flexibility index (Phi) is 5.35. The van der Waals surface area contributed by atoms with E-state index in [0.29, 0.717) is 30.9 Å². The Balaban J connectivity index is 1.73. The van der Waals surface area contributed by atoms with Gasteiger partial charge in [0.25, 0.3) is 0 Å². The van der Waals surface area contributed by atoms with Gasteiger partial charge in [0, 0.05) is 24.5 Å². The Morgan fingerprint density at radius 1 is 1.00 bits per heavy atom. The Hall–Kier alpha value is -3.35. The summed E-state index contributed by atoms with van der Waals surface area (Å²) >= 11 is 0. The van der Waals surface area contributed by atoms with E-state index in [4.69, 9.17) is 0 Å². The molecule has 0 atom stereocenters. The fourth-order valence-corrected chi connectivity index (χ4v) is 3.19. The third kappa shape index (κ3) is 3.98. The number of hydrogen-bond donors (Lipinski definition) is 3. The van der Waals surface area contributed by atoms with Crippen LogP contribution in [0.3, 0.4) is 0 Å². The number of nitrogens with one attached hydrogen (secondary N) is 2. The van der Waals surface area contributed by atoms with Crippen LogP contribution in [0.5, 0.6) is 0 Å². The van der Waals surface area contributed by atoms with Crippen LogP contribution in [0.2, 0.25) is 0 Å². The summed E-state index contributed by atoms with van der Waals surface area (Å²) in [4.78, 5) is 37.8. The molecule has 3 N–H and O–H groups in total. The molecule has 2 aromatic rings. The lowest BCUT2D eigenvalue weighted by Crippen LogP contribution is -2.47. The Bertz CT molecular complexity index is 909. The molecule has 0 radical (unpaired) electrons. The number of benzene rings is 2. The van der Waals surface area contributed by atoms with E-state index in [-0.39, 0.29) is 6.03 Å². The van der Waals surface area contributed by atoms with E-state index in [1.807, 2.05) is 36.4 Å². The molecule has 2 aromatic carbocycles. The van der Waals surface area contributed by atoms with Crippen molar-refractivity contribution in [2.24, 2.45) is 5.41 Å². The van der Waals surface area contributed by atoms with Gasteiger partial charge in [0.05, 0.1) is 0 Å². The Morgan fingerprint density at radius 2 is 1.71 bits per heavy atom. The highest BCUT2D eigenvalue weighted by atomic mass is 16.4. The minimum atomic E-state index is -1.47. The van der Waals surface area contributed by atoms with Crippen LogP contribution in [0.15, 0.2) is 48.5 Å². The number of nitrogens with zero attached hydrogens (tertiary/aromatic N) is 1. The number of fused-ring (bicyclic) bond motifs is 1. The average Bonchev–Trinajstić information content (AvgIpc) is 2.67. The Labute approximate surface area is 163 Å². The normalized spacial score (nSPS) is 13.4. The number of anilines is 2. The second-order valence-corrected chi connectivity index (χ2v) is 7.30. The highest BCUT2D eigenvalue weighted by Crippen LogP contribution is 2.29. The van der Waals surface area contributed by atoms with E-state index in [2.05, 4.69) is 10.6 Å². The number of carbonyl (C=O) groups excluding carboxylic acids is 2. The van der Waals surface area contributed by atoms with Crippen LogP contribution in [0.1, 0.15) is 25.0 Å². The van der Waals surface area contributed by atoms with E-state index in [0.717, 1.165) is 11.1 Å². The summed E-state index contributed by atoms with van der Waals surface area (Å²) < 4.78 is 0. The second kappa shape index (κ2) is 7.72. The first-order chi connectivity index (χ1) is 13.3. The average molecular weight is 381 g/mol. The molecule has 1 aliphatic heterocycles. The fraction of sp³-hybridized carbons (Fsp3) is 0.286. The summed E-state index contributed by atoms with van der Waals surface area (Å²) in [6, 6.07) is 14.3. The van der Waals surface area contributed by atoms with E-state index < -0.39 is 17.3 Å². The molecule has 146 valence electrons. The molecule has 7 heteroatoms. The first-order valence-electron chi connectivity index (χ1n) is 9.05. The minimum absolute atomic E-state index is 0.320. The van der Waals surface area contributed by atoms with Gasteiger partial charge in [-0.25, -0.2) is 4.79 Å². The maximum absolute atomic E-state index is 12.6. The van der Waals surface area contributed by atoms with Crippen LogP contribution in [0, 0.1) is 5.41 Å². The molecule has 0 aromatic heterocycles. The zero-order valence-electron chi connectivity index (χ0n) is 15.9. The summed E-state index contributed by atoms with van der Waals surface area (Å²) in [5.74, 6) is -1.55. The van der Waals surface area contributed by atoms with E-state index in [9.17, 15) is 19.5 Å². The van der Waals surface area contributed by atoms with Crippen LogP contribution in [0.25, 0.3) is 0 Å². The molecule has 3 amide bonds. The molecule has 1 aliphatic rings. The molecule has 0 spiro atoms. The molecule has 0 bridgehead atoms. The van der Waals surface area contributed by atoms with Gasteiger partial charge in [0.15, 0.2) is 0 Å². The van der Waals surface area contributed by atoms with Crippen molar-refractivity contribution >= 4 is 29.3 Å². The predicted octanol–water partition coefficient (Wildman–Crippen LogP) is 3.33. The first-order valence-corrected chi connectivity index (χ1v) is 9.05. The number of aliphatic carboxylic acids is 1. The SMILES string of the molecule is CC(C)(C(=O)O)C(=O)N1CCc2c(cccc2NC(=O)Nc2ccccc2)C1. The summed E-state index contributed by atoms with van der Waals surface area (Å²) in [5, 5.41) is 14.9. The molecule has 28 heavy (non-hydrogen) atoms. The van der Waals surface area contributed by atoms with Crippen LogP contribution in [0.4, 0.5) is 16.2 Å². The van der Waals surface area contributed by atoms with Crippen molar-refractivity contribution in [3.8, 4) is 0 Å². The zero-order chi connectivity index (χ0) is 20.3. The number of amides is 3. The smallest absolute Gasteiger partial charge is 0.323 e. The number of para-hydroxylation sites is 1. The number of rotatable bonds is 4. The number of urea groups is 1. The predicted molar refractivity (Wildman–Crippen MR) is 106 cm³/mol. The van der Waals surface area contributed by atoms with Gasteiger partial charge >= 0.3 is 12.0 Å². The molecule has 0 saturated heterocycles. The third-order valence-corrected chi connectivity index (χ3v) is 4.90. The lowest BCUT2D eigenvalue weighted by Gasteiger charge is -2.34. The number of carboxylic acids is 1. The van der Waals surface area contributed by atoms with Gasteiger partial charge < -0.3 is 20.6 Å². The van der Waals surface area contributed by atoms with Gasteiger partial charge in [-0.1, -0.05) is 30.3 Å². The minimum Gasteiger partial charge on any atom is -0.480 e. The summed E-state index contributed by atoms with van der Waals surface area (Å²) in [6.07, 6.45) is 0.540. The van der Waals surface area contributed by atoms with Gasteiger partial charge in [-0.05, 0) is 49.6 Å². The van der Waals surface area contributed by atoms with Crippen molar-refractivity contribution in [1.29, 1.82) is 0 Å². The highest BCUT2D eigenvalue weighted by Gasteiger charge is 2.40. The van der Waals surface area contributed by atoms with E-state index in [1.165, 1.54) is 13.8 Å². The summed E-state index contributed by atoms with van der Waals surface area (Å²) in [5.41, 5.74) is 1.78. The van der Waals surface area contributed by atoms with Gasteiger partial charge in [0.2, 0.25) is 5.91 Å². The van der Waals surface area contributed by atoms with Crippen molar-refractivity contribution in [3.63, 3.8) is 0 Å². The van der Waals surface area contributed by atoms with Crippen LogP contribution in [-0.4, -0.2) is 34.5 Å². The molecule has 0 saturated carbocycles. The molecule has 0 fully saturated rings. The highest BCUT2D eigenvalue weighted by molar-refractivity contribution is 6.01. The lowest BCUT2D eigenvalue weighted by molar-refractivity contribution is -0.158. The van der Waals surface area contributed by atoms with Gasteiger partial charge in [-0.15, -0.1) is 0 Å². The van der Waals surface area contributed by atoms with E-state index in [1.54, 1.807) is 17.0 Å². The maximum atomic E-state index is 12.6. The maximum Gasteiger partial charge on any atom is 0.323 e. The van der Waals surface area contributed by atoms with Crippen molar-refractivity contribution in [2.45, 2.75) is 26.8 Å². The van der Waals surface area contributed by atoms with Gasteiger partial charge in [0.1, 0.15) is 5.41 Å². The standard InChI is InChI=1S/C21H23N3O4/c1-21(2,19(26)27)18(25)24-12-11-16-14(13-24)7-6-10-17(16)23-20(28)22-15-8-4-3-5-9-15/h3-10H,11-13H2,1-2H3,(H,26,27)(H2,22,23,28). The molecule has 7 nitrogen and oxygen atoms in total. The molecular formula is C21H23N3O4. The second-order valence-electron chi connectivity index (χ2n) is 7.30. The molecule has 0 unspecified atom stereocenters. The largest absolute Gasteiger partial charge is 0.480 e. The zero-order valence-corrected chi connectivity index (χ0v) is 15.9. The number of carboxylic acid groups (broad SMARTS) is 1. The topological polar surface area (TPSA) is 98.7 Å². The number of carbonyl (C=O) groups is 3. The van der Waals surface area contributed by atoms with Crippen molar-refractivity contribution in [1.82, 2.24) is 4.90 Å². The quantitative estimate of drug-likeness (QED) is 0.708. The monoisotopic (exact) mass is 381 g/mol. The van der Waals surface area contributed by atoms with Crippen molar-refractivity contribution < 1.29 is 19.5 Å². The van der Waals surface area contributed by atoms with Gasteiger partial charge in [-0.2, -0.15) is 0 Å². The van der Waals surface area contributed by atoms with Crippen molar-refractivity contribution in [3.05, 3.63) is 59.7 Å².